The van der Waals surface area contributed by atoms with E-state index in [1.54, 1.807) is 10.8 Å². The lowest BCUT2D eigenvalue weighted by molar-refractivity contribution is -0.142. The predicted octanol–water partition coefficient (Wildman–Crippen LogP) is 5.12. The fourth-order valence-corrected chi connectivity index (χ4v) is 8.12. The molecule has 3 N–H and O–H groups in total. The molecule has 4 aromatic rings. The molecule has 0 radical (unpaired) electrons. The Morgan fingerprint density at radius 3 is 2.07 bits per heavy atom. The fourth-order valence-electron chi connectivity index (χ4n) is 8.12. The summed E-state index contributed by atoms with van der Waals surface area (Å²) in [6.07, 6.45) is -10.3. The molecule has 3 saturated heterocycles. The third-order valence-corrected chi connectivity index (χ3v) is 11.2. The van der Waals surface area contributed by atoms with Gasteiger partial charge in [0.05, 0.1) is 39.6 Å². The van der Waals surface area contributed by atoms with E-state index in [1.165, 1.54) is 9.80 Å². The highest BCUT2D eigenvalue weighted by Crippen LogP contribution is 2.42. The molecule has 3 aliphatic rings. The van der Waals surface area contributed by atoms with Crippen molar-refractivity contribution >= 4 is 39.6 Å². The molecule has 0 unspecified atom stereocenters. The molecule has 0 spiro atoms. The Labute approximate surface area is 311 Å². The number of imidazole rings is 1. The van der Waals surface area contributed by atoms with Crippen LogP contribution in [0.1, 0.15) is 48.4 Å². The number of benzene rings is 2. The summed E-state index contributed by atoms with van der Waals surface area (Å²) in [6, 6.07) is 8.21. The number of hydrogen-bond donors (Lipinski definition) is 2. The molecule has 5 heterocycles. The highest BCUT2D eigenvalue weighted by molar-refractivity contribution is 6.01. The molecule has 55 heavy (non-hydrogen) atoms. The lowest BCUT2D eigenvalue weighted by atomic mass is 9.97. The van der Waals surface area contributed by atoms with Gasteiger partial charge in [0, 0.05) is 76.2 Å². The van der Waals surface area contributed by atoms with Crippen LogP contribution in [0.15, 0.2) is 47.4 Å². The van der Waals surface area contributed by atoms with Crippen molar-refractivity contribution in [3.05, 3.63) is 69.8 Å². The SMILES string of the molecule is CN1CCN(C2CCN(C(=O)[C@@H](Cc3cc(C(F)(F)F)c(N)c(C(F)(F)F)c3)OC(=O)N3CCC(n4c(=O)[nH]c5c6ccccc6ncc54)CC3)CC2)CC1. The van der Waals surface area contributed by atoms with Crippen LogP contribution in [0, 0.1) is 0 Å². The van der Waals surface area contributed by atoms with Gasteiger partial charge in [0.25, 0.3) is 5.91 Å². The number of amides is 2. The third kappa shape index (κ3) is 7.97. The Balaban J connectivity index is 1.09. The number of halogens is 6. The van der Waals surface area contributed by atoms with Gasteiger partial charge in [-0.1, -0.05) is 18.2 Å². The molecule has 7 rings (SSSR count). The van der Waals surface area contributed by atoms with Crippen molar-refractivity contribution in [2.75, 3.05) is 65.1 Å². The molecule has 3 aliphatic heterocycles. The third-order valence-electron chi connectivity index (χ3n) is 11.2. The number of likely N-dealkylation sites (N-methyl/N-ethyl adjacent to an activating group) is 1. The van der Waals surface area contributed by atoms with Crippen LogP contribution in [0.5, 0.6) is 0 Å². The van der Waals surface area contributed by atoms with E-state index in [2.05, 4.69) is 19.8 Å². The van der Waals surface area contributed by atoms with Crippen LogP contribution in [-0.2, 0) is 28.3 Å². The zero-order chi connectivity index (χ0) is 39.2. The number of aromatic amines is 1. The molecule has 2 amide bonds. The summed E-state index contributed by atoms with van der Waals surface area (Å²) < 4.78 is 90.8. The minimum atomic E-state index is -5.22. The second kappa shape index (κ2) is 15.0. The second-order valence-corrected chi connectivity index (χ2v) is 14.6. The number of carbonyl (C=O) groups is 2. The van der Waals surface area contributed by atoms with Crippen LogP contribution in [0.3, 0.4) is 0 Å². The number of para-hydroxylation sites is 1. The van der Waals surface area contributed by atoms with E-state index in [-0.39, 0.29) is 44.0 Å². The average molecular weight is 777 g/mol. The van der Waals surface area contributed by atoms with Crippen molar-refractivity contribution < 1.29 is 40.7 Å². The number of rotatable bonds is 6. The number of hydrogen-bond acceptors (Lipinski definition) is 8. The number of carbonyl (C=O) groups excluding carboxylic acids is 2. The number of pyridine rings is 1. The monoisotopic (exact) mass is 776 g/mol. The van der Waals surface area contributed by atoms with E-state index < -0.39 is 59.3 Å². The maximum Gasteiger partial charge on any atom is 0.418 e. The molecule has 1 atom stereocenters. The van der Waals surface area contributed by atoms with Crippen molar-refractivity contribution in [1.82, 2.24) is 34.1 Å². The molecule has 0 bridgehead atoms. The predicted molar refractivity (Wildman–Crippen MR) is 191 cm³/mol. The molecule has 2 aromatic carbocycles. The first-order valence-electron chi connectivity index (χ1n) is 18.3. The lowest BCUT2D eigenvalue weighted by Gasteiger charge is -2.42. The zero-order valence-corrected chi connectivity index (χ0v) is 30.1. The Morgan fingerprint density at radius 1 is 0.873 bits per heavy atom. The summed E-state index contributed by atoms with van der Waals surface area (Å²) in [5.74, 6) is -0.705. The van der Waals surface area contributed by atoms with Gasteiger partial charge in [0.1, 0.15) is 0 Å². The molecule has 18 heteroatoms. The number of piperidine rings is 2. The smallest absolute Gasteiger partial charge is 0.418 e. The minimum Gasteiger partial charge on any atom is -0.436 e. The highest BCUT2D eigenvalue weighted by Gasteiger charge is 2.42. The number of alkyl halides is 6. The maximum absolute atomic E-state index is 14.0. The van der Waals surface area contributed by atoms with Crippen molar-refractivity contribution in [1.29, 1.82) is 0 Å². The Hall–Kier alpha value is -4.84. The van der Waals surface area contributed by atoms with Gasteiger partial charge >= 0.3 is 24.1 Å². The molecule has 296 valence electrons. The van der Waals surface area contributed by atoms with Crippen molar-refractivity contribution in [2.24, 2.45) is 0 Å². The van der Waals surface area contributed by atoms with Gasteiger partial charge in [-0.05, 0) is 56.5 Å². The number of anilines is 1. The molecule has 2 aromatic heterocycles. The van der Waals surface area contributed by atoms with Crippen LogP contribution < -0.4 is 11.4 Å². The van der Waals surface area contributed by atoms with Gasteiger partial charge in [-0.25, -0.2) is 9.59 Å². The van der Waals surface area contributed by atoms with Gasteiger partial charge in [0.15, 0.2) is 6.10 Å². The largest absolute Gasteiger partial charge is 0.436 e. The number of ether oxygens (including phenoxy) is 1. The van der Waals surface area contributed by atoms with Gasteiger partial charge in [-0.15, -0.1) is 0 Å². The summed E-state index contributed by atoms with van der Waals surface area (Å²) in [6.45, 7) is 4.33. The number of H-pyrrole nitrogens is 1. The van der Waals surface area contributed by atoms with Crippen LogP contribution >= 0.6 is 0 Å². The quantitative estimate of drug-likeness (QED) is 0.204. The van der Waals surface area contributed by atoms with Crippen LogP contribution in [0.25, 0.3) is 21.9 Å². The van der Waals surface area contributed by atoms with Gasteiger partial charge in [-0.2, -0.15) is 26.3 Å². The lowest BCUT2D eigenvalue weighted by Crippen LogP contribution is -2.54. The minimum absolute atomic E-state index is 0.110. The molecule has 12 nitrogen and oxygen atoms in total. The number of nitrogens with two attached hydrogens (primary N) is 1. The normalized spacial score (nSPS) is 19.3. The summed E-state index contributed by atoms with van der Waals surface area (Å²) >= 11 is 0. The number of nitrogens with zero attached hydrogens (tertiary/aromatic N) is 6. The topological polar surface area (TPSA) is 133 Å². The first-order chi connectivity index (χ1) is 26.1. The van der Waals surface area contributed by atoms with E-state index in [9.17, 15) is 40.7 Å². The molecule has 0 saturated carbocycles. The Kier molecular flexibility index (Phi) is 10.5. The average Bonchev–Trinajstić information content (AvgIpc) is 3.50. The second-order valence-electron chi connectivity index (χ2n) is 14.6. The van der Waals surface area contributed by atoms with Crippen molar-refractivity contribution in [2.45, 2.75) is 62.6 Å². The number of likely N-dealkylation sites (tertiary alicyclic amines) is 2. The molecule has 0 aliphatic carbocycles. The van der Waals surface area contributed by atoms with Crippen LogP contribution in [0.2, 0.25) is 0 Å². The Bertz CT molecular complexity index is 2080. The van der Waals surface area contributed by atoms with Gasteiger partial charge < -0.3 is 30.2 Å². The molecular formula is C37H42F6N8O4. The summed E-state index contributed by atoms with van der Waals surface area (Å²) in [4.78, 5) is 55.6. The summed E-state index contributed by atoms with van der Waals surface area (Å²) in [7, 11) is 2.04. The fraction of sp³-hybridized carbons (Fsp3) is 0.514. The maximum atomic E-state index is 14.0. The van der Waals surface area contributed by atoms with Gasteiger partial charge in [-0.3, -0.25) is 19.2 Å². The molecular weight excluding hydrogens is 734 g/mol. The van der Waals surface area contributed by atoms with E-state index in [4.69, 9.17) is 10.5 Å². The number of aromatic nitrogens is 3. The van der Waals surface area contributed by atoms with Crippen molar-refractivity contribution in [3.8, 4) is 0 Å². The summed E-state index contributed by atoms with van der Waals surface area (Å²) in [5.41, 5.74) is 1.61. The Morgan fingerprint density at radius 2 is 1.45 bits per heavy atom. The number of fused-ring (bicyclic) bond motifs is 3. The van der Waals surface area contributed by atoms with E-state index in [0.29, 0.717) is 54.4 Å². The summed E-state index contributed by atoms with van der Waals surface area (Å²) in [5, 5.41) is 0.780. The van der Waals surface area contributed by atoms with E-state index in [1.807, 2.05) is 31.3 Å². The van der Waals surface area contributed by atoms with Crippen LogP contribution in [-0.4, -0.2) is 118 Å². The standard InChI is InChI=1S/C37H42F6N8O4/c1-47-14-16-48(17-15-47)23-6-10-49(11-7-23)33(52)30(20-22-18-26(36(38,39)40)31(44)27(19-22)37(41,42)43)55-35(54)50-12-8-24(9-13-50)51-29-21-45-28-5-3-2-4-25(28)32(29)46-34(51)53/h2-5,18-19,21,23-24,30H,6-17,20,44H2,1H3,(H,46,53)/t30-/m1/s1. The van der Waals surface area contributed by atoms with Crippen LogP contribution in [0.4, 0.5) is 36.8 Å². The van der Waals surface area contributed by atoms with E-state index in [0.717, 1.165) is 31.6 Å². The number of nitrogen functional groups attached to an aromatic ring is 1. The molecule has 3 fully saturated rings. The van der Waals surface area contributed by atoms with Gasteiger partial charge in [0.2, 0.25) is 0 Å². The van der Waals surface area contributed by atoms with E-state index >= 15 is 0 Å². The zero-order valence-electron chi connectivity index (χ0n) is 30.1. The number of piperazine rings is 1. The first-order valence-corrected chi connectivity index (χ1v) is 18.3. The number of nitrogens with one attached hydrogen (secondary N) is 1. The highest BCUT2D eigenvalue weighted by atomic mass is 19.4. The van der Waals surface area contributed by atoms with Crippen molar-refractivity contribution in [3.63, 3.8) is 0 Å². The first kappa shape index (κ1) is 38.4.